The quantitative estimate of drug-likeness (QED) is 0.687. The van der Waals surface area contributed by atoms with Crippen molar-refractivity contribution in [3.05, 3.63) is 47.1 Å². The Kier molecular flexibility index (Phi) is 4.44. The molecular weight excluding hydrogens is 288 g/mol. The molecule has 22 heavy (non-hydrogen) atoms. The van der Waals surface area contributed by atoms with Gasteiger partial charge in [0.05, 0.1) is 13.4 Å². The van der Waals surface area contributed by atoms with Crippen LogP contribution in [0.2, 0.25) is 0 Å². The molecule has 0 radical (unpaired) electrons. The molecule has 0 aliphatic rings. The Labute approximate surface area is 125 Å². The maximum absolute atomic E-state index is 11.8. The number of esters is 1. The predicted molar refractivity (Wildman–Crippen MR) is 75.9 cm³/mol. The first-order chi connectivity index (χ1) is 10.6. The molecule has 0 saturated carbocycles. The van der Waals surface area contributed by atoms with Gasteiger partial charge in [-0.25, -0.2) is 4.79 Å². The molecule has 1 N–H and O–H groups in total. The molecule has 0 atom stereocenters. The van der Waals surface area contributed by atoms with Gasteiger partial charge in [-0.3, -0.25) is 10.1 Å². The van der Waals surface area contributed by atoms with E-state index in [4.69, 9.17) is 14.1 Å². The first-order valence-corrected chi connectivity index (χ1v) is 6.21. The third-order valence-corrected chi connectivity index (χ3v) is 2.76. The molecule has 0 aliphatic carbocycles. The molecule has 2 aromatic heterocycles. The molecule has 0 unspecified atom stereocenters. The molecule has 2 rings (SSSR count). The maximum atomic E-state index is 11.8. The number of rotatable bonds is 4. The SMILES string of the molecule is COC(=O)c1c(C)oc(NC(=O)/C=C/c2ccco2)c1C#N. The Bertz CT molecular complexity index is 763. The van der Waals surface area contributed by atoms with Gasteiger partial charge in [-0.15, -0.1) is 0 Å². The van der Waals surface area contributed by atoms with Crippen molar-refractivity contribution in [2.45, 2.75) is 6.92 Å². The number of anilines is 1. The molecule has 0 fully saturated rings. The van der Waals surface area contributed by atoms with Crippen molar-refractivity contribution < 1.29 is 23.2 Å². The Morgan fingerprint density at radius 2 is 2.23 bits per heavy atom. The minimum absolute atomic E-state index is 0.00434. The van der Waals surface area contributed by atoms with Crippen molar-refractivity contribution in [1.29, 1.82) is 5.26 Å². The van der Waals surface area contributed by atoms with Gasteiger partial charge in [-0.1, -0.05) is 0 Å². The molecule has 1 amide bonds. The van der Waals surface area contributed by atoms with E-state index in [9.17, 15) is 9.59 Å². The summed E-state index contributed by atoms with van der Waals surface area (Å²) in [6.07, 6.45) is 4.15. The molecule has 0 spiro atoms. The van der Waals surface area contributed by atoms with E-state index in [0.717, 1.165) is 0 Å². The summed E-state index contributed by atoms with van der Waals surface area (Å²) in [5.41, 5.74) is -0.0839. The second-order valence-electron chi connectivity index (χ2n) is 4.18. The summed E-state index contributed by atoms with van der Waals surface area (Å²) in [5.74, 6) is -0.646. The monoisotopic (exact) mass is 300 g/mol. The number of methoxy groups -OCH3 is 1. The summed E-state index contributed by atoms with van der Waals surface area (Å²) in [4.78, 5) is 23.4. The molecule has 112 valence electrons. The Hall–Kier alpha value is -3.27. The van der Waals surface area contributed by atoms with Crippen molar-refractivity contribution in [2.75, 3.05) is 12.4 Å². The van der Waals surface area contributed by atoms with Crippen molar-refractivity contribution in [1.82, 2.24) is 0 Å². The highest BCUT2D eigenvalue weighted by atomic mass is 16.5. The second-order valence-corrected chi connectivity index (χ2v) is 4.18. The van der Waals surface area contributed by atoms with Crippen molar-refractivity contribution in [2.24, 2.45) is 0 Å². The van der Waals surface area contributed by atoms with Crippen LogP contribution in [0, 0.1) is 18.3 Å². The van der Waals surface area contributed by atoms with Gasteiger partial charge in [0.15, 0.2) is 0 Å². The number of carbonyl (C=O) groups excluding carboxylic acids is 2. The second kappa shape index (κ2) is 6.45. The predicted octanol–water partition coefficient (Wildman–Crippen LogP) is 2.49. The van der Waals surface area contributed by atoms with E-state index >= 15 is 0 Å². The summed E-state index contributed by atoms with van der Waals surface area (Å²) in [5, 5.41) is 11.5. The van der Waals surface area contributed by atoms with Crippen LogP contribution >= 0.6 is 0 Å². The van der Waals surface area contributed by atoms with Gasteiger partial charge in [0.2, 0.25) is 5.88 Å². The van der Waals surface area contributed by atoms with E-state index in [1.807, 2.05) is 6.07 Å². The molecule has 7 heteroatoms. The normalized spacial score (nSPS) is 10.4. The number of nitriles is 1. The van der Waals surface area contributed by atoms with Crippen LogP contribution in [0.1, 0.15) is 27.4 Å². The Balaban J connectivity index is 2.21. The number of amides is 1. The van der Waals surface area contributed by atoms with Gasteiger partial charge < -0.3 is 13.6 Å². The standard InChI is InChI=1S/C15H12N2O5/c1-9-13(15(19)20-2)11(8-16)14(22-9)17-12(18)6-5-10-4-3-7-21-10/h3-7H,1-2H3,(H,17,18)/b6-5+. The lowest BCUT2D eigenvalue weighted by Crippen LogP contribution is -2.09. The van der Waals surface area contributed by atoms with E-state index in [1.54, 1.807) is 12.1 Å². The number of carbonyl (C=O) groups is 2. The smallest absolute Gasteiger partial charge is 0.342 e. The molecule has 0 saturated heterocycles. The van der Waals surface area contributed by atoms with Crippen molar-refractivity contribution >= 4 is 23.8 Å². The Morgan fingerprint density at radius 1 is 1.45 bits per heavy atom. The fourth-order valence-corrected chi connectivity index (χ4v) is 1.78. The summed E-state index contributed by atoms with van der Waals surface area (Å²) in [6.45, 7) is 1.50. The van der Waals surface area contributed by atoms with E-state index in [0.29, 0.717) is 5.76 Å². The fraction of sp³-hybridized carbons (Fsp3) is 0.133. The highest BCUT2D eigenvalue weighted by Gasteiger charge is 2.24. The number of ether oxygens (including phenoxy) is 1. The van der Waals surface area contributed by atoms with Crippen LogP contribution in [0.25, 0.3) is 6.08 Å². The van der Waals surface area contributed by atoms with E-state index in [2.05, 4.69) is 10.1 Å². The van der Waals surface area contributed by atoms with Crippen molar-refractivity contribution in [3.63, 3.8) is 0 Å². The van der Waals surface area contributed by atoms with E-state index in [-0.39, 0.29) is 22.8 Å². The minimum Gasteiger partial charge on any atom is -0.465 e. The molecular formula is C15H12N2O5. The number of nitrogens with one attached hydrogen (secondary N) is 1. The maximum Gasteiger partial charge on any atom is 0.342 e. The van der Waals surface area contributed by atoms with Crippen LogP contribution in [0.3, 0.4) is 0 Å². The first-order valence-electron chi connectivity index (χ1n) is 6.21. The molecule has 7 nitrogen and oxygen atoms in total. The largest absolute Gasteiger partial charge is 0.465 e. The van der Waals surface area contributed by atoms with Gasteiger partial charge in [0.25, 0.3) is 5.91 Å². The molecule has 2 heterocycles. The average molecular weight is 300 g/mol. The summed E-state index contributed by atoms with van der Waals surface area (Å²) >= 11 is 0. The third-order valence-electron chi connectivity index (χ3n) is 2.76. The topological polar surface area (TPSA) is 105 Å². The fourth-order valence-electron chi connectivity index (χ4n) is 1.78. The molecule has 0 aromatic carbocycles. The number of furan rings is 2. The molecule has 2 aromatic rings. The van der Waals surface area contributed by atoms with Gasteiger partial charge in [0.1, 0.15) is 28.7 Å². The first kappa shape index (κ1) is 15.1. The van der Waals surface area contributed by atoms with Crippen LogP contribution < -0.4 is 5.32 Å². The summed E-state index contributed by atoms with van der Waals surface area (Å²) in [7, 11) is 1.19. The minimum atomic E-state index is -0.704. The highest BCUT2D eigenvalue weighted by molar-refractivity contribution is 6.03. The number of nitrogens with zero attached hydrogens (tertiary/aromatic N) is 1. The van der Waals surface area contributed by atoms with Gasteiger partial charge in [-0.2, -0.15) is 5.26 Å². The lowest BCUT2D eigenvalue weighted by molar-refractivity contribution is -0.112. The zero-order valence-corrected chi connectivity index (χ0v) is 11.9. The van der Waals surface area contributed by atoms with Gasteiger partial charge >= 0.3 is 5.97 Å². The lowest BCUT2D eigenvalue weighted by Gasteiger charge is -1.98. The van der Waals surface area contributed by atoms with E-state index < -0.39 is 11.9 Å². The van der Waals surface area contributed by atoms with Crippen molar-refractivity contribution in [3.8, 4) is 6.07 Å². The average Bonchev–Trinajstić information content (AvgIpc) is 3.11. The number of aryl methyl sites for hydroxylation is 1. The summed E-state index contributed by atoms with van der Waals surface area (Å²) < 4.78 is 14.9. The van der Waals surface area contributed by atoms with Crippen LogP contribution in [-0.2, 0) is 9.53 Å². The third kappa shape index (κ3) is 3.07. The van der Waals surface area contributed by atoms with Crippen LogP contribution in [0.5, 0.6) is 0 Å². The molecule has 0 aliphatic heterocycles. The van der Waals surface area contributed by atoms with Crippen LogP contribution in [0.15, 0.2) is 33.3 Å². The van der Waals surface area contributed by atoms with Crippen LogP contribution in [-0.4, -0.2) is 19.0 Å². The van der Waals surface area contributed by atoms with Gasteiger partial charge in [-0.05, 0) is 25.1 Å². The van der Waals surface area contributed by atoms with Gasteiger partial charge in [0, 0.05) is 6.08 Å². The lowest BCUT2D eigenvalue weighted by atomic mass is 10.1. The zero-order valence-electron chi connectivity index (χ0n) is 11.9. The number of hydrogen-bond acceptors (Lipinski definition) is 6. The zero-order chi connectivity index (χ0) is 16.1. The Morgan fingerprint density at radius 3 is 2.82 bits per heavy atom. The highest BCUT2D eigenvalue weighted by Crippen LogP contribution is 2.27. The van der Waals surface area contributed by atoms with Crippen LogP contribution in [0.4, 0.5) is 5.88 Å². The van der Waals surface area contributed by atoms with E-state index in [1.165, 1.54) is 32.4 Å². The summed E-state index contributed by atoms with van der Waals surface area (Å²) in [6, 6.07) is 5.19. The molecule has 0 bridgehead atoms. The number of hydrogen-bond donors (Lipinski definition) is 1.